The number of aliphatic imine (C=N–C) groups is 1. The third-order valence-corrected chi connectivity index (χ3v) is 10.3. The molecular weight excluding hydrogens is 634 g/mol. The van der Waals surface area contributed by atoms with Gasteiger partial charge in [0.15, 0.2) is 0 Å². The highest BCUT2D eigenvalue weighted by molar-refractivity contribution is 8.14. The Morgan fingerprint density at radius 3 is 2.25 bits per heavy atom. The summed E-state index contributed by atoms with van der Waals surface area (Å²) < 4.78 is 5.90. The minimum atomic E-state index is -0.667. The zero-order valence-electron chi connectivity index (χ0n) is 31.2. The van der Waals surface area contributed by atoms with Gasteiger partial charge < -0.3 is 30.3 Å². The fourth-order valence-corrected chi connectivity index (χ4v) is 6.17. The minimum absolute atomic E-state index is 0.0407. The topological polar surface area (TPSA) is 158 Å². The van der Waals surface area contributed by atoms with Crippen LogP contribution in [0, 0.1) is 23.2 Å². The molecule has 48 heavy (non-hydrogen) atoms. The summed E-state index contributed by atoms with van der Waals surface area (Å²) in [7, 11) is 4.63. The average Bonchev–Trinajstić information content (AvgIpc) is 3.48. The lowest BCUT2D eigenvalue weighted by Gasteiger charge is -2.33. The molecule has 1 heterocycles. The predicted molar refractivity (Wildman–Crippen MR) is 191 cm³/mol. The maximum Gasteiger partial charge on any atom is 0.325 e. The molecule has 274 valence electrons. The van der Waals surface area contributed by atoms with Crippen molar-refractivity contribution in [3.05, 3.63) is 11.6 Å². The molecule has 0 saturated heterocycles. The van der Waals surface area contributed by atoms with Crippen LogP contribution in [-0.2, 0) is 28.7 Å². The largest absolute Gasteiger partial charge is 0.460 e. The molecule has 0 aliphatic carbocycles. The third-order valence-electron chi connectivity index (χ3n) is 8.97. The fraction of sp³-hybridized carbons (Fsp3) is 0.771. The summed E-state index contributed by atoms with van der Waals surface area (Å²) in [6.07, 6.45) is 3.04. The number of likely N-dealkylation sites (N-methyl/N-ethyl adjacent to an activating group) is 3. The van der Waals surface area contributed by atoms with E-state index in [2.05, 4.69) is 10.6 Å². The molecule has 0 saturated carbocycles. The molecule has 1 aliphatic heterocycles. The second kappa shape index (κ2) is 19.9. The molecule has 0 radical (unpaired) electrons. The molecule has 0 aromatic heterocycles. The lowest BCUT2D eigenvalue weighted by Crippen LogP contribution is -2.48. The van der Waals surface area contributed by atoms with E-state index in [1.54, 1.807) is 38.7 Å². The first-order valence-corrected chi connectivity index (χ1v) is 18.0. The molecule has 12 nitrogen and oxygen atoms in total. The Labute approximate surface area is 292 Å². The van der Waals surface area contributed by atoms with Crippen LogP contribution in [-0.4, -0.2) is 114 Å². The molecule has 0 bridgehead atoms. The molecule has 7 atom stereocenters. The normalized spacial score (nSPS) is 18.8. The molecule has 1 rings (SSSR count). The Morgan fingerprint density at radius 1 is 1.06 bits per heavy atom. The smallest absolute Gasteiger partial charge is 0.325 e. The van der Waals surface area contributed by atoms with Crippen molar-refractivity contribution in [1.29, 1.82) is 0 Å². The molecule has 0 spiro atoms. The SMILES string of the molecule is CCC(C)CC(=O)N(C)CC(=O)OC(C[C@@H](C)CC(O)[C@@H](C)C1=NC(/C=C(\C)C(=O)NCC(=O)N(C)[C@@H](C)C(=O)NC)CS1)C(C)(C)C. The number of carbonyl (C=O) groups excluding carboxylic acids is 5. The van der Waals surface area contributed by atoms with Gasteiger partial charge in [0.05, 0.1) is 23.7 Å². The maximum absolute atomic E-state index is 12.8. The average molecular weight is 696 g/mol. The van der Waals surface area contributed by atoms with Crippen LogP contribution in [0.25, 0.3) is 0 Å². The zero-order valence-corrected chi connectivity index (χ0v) is 32.0. The number of aliphatic hydroxyl groups excluding tert-OH is 1. The highest BCUT2D eigenvalue weighted by Gasteiger charge is 2.33. The first kappa shape index (κ1) is 43.1. The van der Waals surface area contributed by atoms with Crippen LogP contribution in [0.2, 0.25) is 0 Å². The molecule has 0 fully saturated rings. The second-order valence-corrected chi connectivity index (χ2v) is 15.5. The van der Waals surface area contributed by atoms with Crippen LogP contribution in [0.3, 0.4) is 0 Å². The van der Waals surface area contributed by atoms with Gasteiger partial charge >= 0.3 is 5.97 Å². The van der Waals surface area contributed by atoms with Gasteiger partial charge in [0.25, 0.3) is 0 Å². The number of esters is 1. The number of aliphatic hydroxyl groups is 1. The van der Waals surface area contributed by atoms with Gasteiger partial charge in [-0.05, 0) is 43.9 Å². The number of hydrogen-bond donors (Lipinski definition) is 3. The number of nitrogens with one attached hydrogen (secondary N) is 2. The van der Waals surface area contributed by atoms with Crippen molar-refractivity contribution >= 4 is 46.4 Å². The first-order valence-electron chi connectivity index (χ1n) is 17.0. The van der Waals surface area contributed by atoms with Crippen molar-refractivity contribution in [3.8, 4) is 0 Å². The highest BCUT2D eigenvalue weighted by Crippen LogP contribution is 2.32. The van der Waals surface area contributed by atoms with E-state index < -0.39 is 30.1 Å². The molecule has 13 heteroatoms. The summed E-state index contributed by atoms with van der Waals surface area (Å²) in [5, 5.41) is 17.1. The van der Waals surface area contributed by atoms with E-state index in [0.29, 0.717) is 30.6 Å². The molecule has 0 aromatic carbocycles. The quantitative estimate of drug-likeness (QED) is 0.146. The Hall–Kier alpha value is -2.93. The Morgan fingerprint density at radius 2 is 1.69 bits per heavy atom. The highest BCUT2D eigenvalue weighted by atomic mass is 32.2. The van der Waals surface area contributed by atoms with E-state index in [4.69, 9.17) is 9.73 Å². The second-order valence-electron chi connectivity index (χ2n) is 14.4. The van der Waals surface area contributed by atoms with E-state index in [0.717, 1.165) is 11.5 Å². The van der Waals surface area contributed by atoms with E-state index in [9.17, 15) is 29.1 Å². The number of ether oxygens (including phenoxy) is 1. The number of nitrogens with zero attached hydrogens (tertiary/aromatic N) is 3. The summed E-state index contributed by atoms with van der Waals surface area (Å²) in [6.45, 7) is 17.0. The summed E-state index contributed by atoms with van der Waals surface area (Å²) in [4.78, 5) is 69.6. The number of rotatable bonds is 18. The van der Waals surface area contributed by atoms with Gasteiger partial charge in [-0.25, -0.2) is 0 Å². The van der Waals surface area contributed by atoms with Crippen LogP contribution >= 0.6 is 11.8 Å². The predicted octanol–water partition coefficient (Wildman–Crippen LogP) is 3.42. The third kappa shape index (κ3) is 14.3. The first-order chi connectivity index (χ1) is 22.2. The van der Waals surface area contributed by atoms with Crippen LogP contribution in [0.1, 0.15) is 88.0 Å². The number of carbonyl (C=O) groups is 5. The molecule has 0 aromatic rings. The maximum atomic E-state index is 12.8. The standard InChI is InChI=1S/C35H61N5O7S/c1-13-21(2)16-29(42)39(11)19-31(44)47-28(35(7,8)9)15-22(3)14-27(41)24(5)34-38-26(20-48-34)17-23(4)32(45)37-18-30(43)40(12)25(6)33(46)36-10/h17,21-22,24-28,41H,13-16,18-20H2,1-12H3,(H,36,46)(H,37,45)/b23-17+/t21?,22-,24+,25-,26?,27?,28?/m0/s1. The molecule has 4 unspecified atom stereocenters. The van der Waals surface area contributed by atoms with Crippen LogP contribution in [0.15, 0.2) is 16.6 Å². The summed E-state index contributed by atoms with van der Waals surface area (Å²) in [5.74, 6) is -0.880. The Bertz CT molecular complexity index is 1180. The van der Waals surface area contributed by atoms with Crippen molar-refractivity contribution in [2.75, 3.05) is 40.0 Å². The number of amides is 4. The number of thioether (sulfide) groups is 1. The van der Waals surface area contributed by atoms with Gasteiger partial charge in [0.1, 0.15) is 18.7 Å². The van der Waals surface area contributed by atoms with Crippen molar-refractivity contribution in [2.45, 2.75) is 112 Å². The zero-order chi connectivity index (χ0) is 36.9. The summed E-state index contributed by atoms with van der Waals surface area (Å²) in [6, 6.07) is -0.902. The fourth-order valence-electron chi connectivity index (χ4n) is 5.03. The van der Waals surface area contributed by atoms with E-state index >= 15 is 0 Å². The van der Waals surface area contributed by atoms with E-state index in [1.165, 1.54) is 23.9 Å². The van der Waals surface area contributed by atoms with Gasteiger partial charge in [0, 0.05) is 44.8 Å². The molecular formula is C35H61N5O7S. The summed E-state index contributed by atoms with van der Waals surface area (Å²) >= 11 is 1.55. The molecule has 3 N–H and O–H groups in total. The minimum Gasteiger partial charge on any atom is -0.460 e. The van der Waals surface area contributed by atoms with Crippen molar-refractivity contribution in [1.82, 2.24) is 20.4 Å². The molecule has 4 amide bonds. The van der Waals surface area contributed by atoms with Crippen LogP contribution < -0.4 is 10.6 Å². The van der Waals surface area contributed by atoms with Gasteiger partial charge in [-0.1, -0.05) is 61.0 Å². The van der Waals surface area contributed by atoms with Gasteiger partial charge in [-0.15, -0.1) is 11.8 Å². The monoisotopic (exact) mass is 695 g/mol. The van der Waals surface area contributed by atoms with Crippen molar-refractivity contribution in [2.24, 2.45) is 28.2 Å². The Balaban J connectivity index is 2.73. The molecule has 1 aliphatic rings. The van der Waals surface area contributed by atoms with Gasteiger partial charge in [-0.3, -0.25) is 29.0 Å². The van der Waals surface area contributed by atoms with Crippen molar-refractivity contribution in [3.63, 3.8) is 0 Å². The summed E-state index contributed by atoms with van der Waals surface area (Å²) in [5.41, 5.74) is 0.0957. The van der Waals surface area contributed by atoms with E-state index in [1.807, 2.05) is 48.5 Å². The van der Waals surface area contributed by atoms with Crippen LogP contribution in [0.5, 0.6) is 0 Å². The van der Waals surface area contributed by atoms with Gasteiger partial charge in [0.2, 0.25) is 23.6 Å². The van der Waals surface area contributed by atoms with Crippen LogP contribution in [0.4, 0.5) is 0 Å². The lowest BCUT2D eigenvalue weighted by atomic mass is 9.81. The van der Waals surface area contributed by atoms with E-state index in [-0.39, 0.29) is 60.0 Å². The van der Waals surface area contributed by atoms with Gasteiger partial charge in [-0.2, -0.15) is 0 Å². The van der Waals surface area contributed by atoms with Crippen molar-refractivity contribution < 1.29 is 33.8 Å². The lowest BCUT2D eigenvalue weighted by molar-refractivity contribution is -0.159. The number of hydrogen-bond acceptors (Lipinski definition) is 9. The Kier molecular flexibility index (Phi) is 17.9.